The Labute approximate surface area is 199 Å². The van der Waals surface area contributed by atoms with Crippen molar-refractivity contribution in [2.24, 2.45) is 17.3 Å². The van der Waals surface area contributed by atoms with Crippen molar-refractivity contribution < 1.29 is 38.0 Å². The van der Waals surface area contributed by atoms with Crippen molar-refractivity contribution in [2.75, 3.05) is 33.9 Å². The Balaban J connectivity index is 1.25. The Morgan fingerprint density at radius 1 is 1.21 bits per heavy atom. The van der Waals surface area contributed by atoms with Crippen LogP contribution in [-0.4, -0.2) is 92.1 Å². The average molecular weight is 476 g/mol. The number of hydrogen-bond donors (Lipinski definition) is 0. The highest BCUT2D eigenvalue weighted by Crippen LogP contribution is 2.83. The SMILES string of the molecule is CC(C)[C@]12O[C@H]1[C@@H]1O[C@]13[C@]1(O[C@H]1C[C@H]1C4=C(CC[C@@]13C)C(=O)OC4)[C@@H]2OC(=O)OCCN(C)C. The van der Waals surface area contributed by atoms with E-state index < -0.39 is 29.1 Å². The molecule has 4 aliphatic heterocycles. The molecule has 186 valence electrons. The molecule has 0 aromatic heterocycles. The van der Waals surface area contributed by atoms with Crippen LogP contribution in [0.1, 0.15) is 40.0 Å². The monoisotopic (exact) mass is 475 g/mol. The summed E-state index contributed by atoms with van der Waals surface area (Å²) in [6.07, 6.45) is 0.592. The Hall–Kier alpha value is -1.68. The van der Waals surface area contributed by atoms with E-state index in [-0.39, 0.29) is 48.1 Å². The Bertz CT molecular complexity index is 1020. The van der Waals surface area contributed by atoms with Crippen LogP contribution in [0, 0.1) is 17.3 Å². The normalized spacial score (nSPS) is 50.9. The molecule has 3 saturated heterocycles. The summed E-state index contributed by atoms with van der Waals surface area (Å²) in [7, 11) is 3.85. The fourth-order valence-electron chi connectivity index (χ4n) is 8.28. The van der Waals surface area contributed by atoms with Crippen molar-refractivity contribution in [3.05, 3.63) is 11.1 Å². The predicted octanol–water partition coefficient (Wildman–Crippen LogP) is 1.83. The number of likely N-dealkylation sites (N-methyl/N-ethyl adjacent to an activating group) is 1. The van der Waals surface area contributed by atoms with Crippen molar-refractivity contribution in [1.29, 1.82) is 0 Å². The van der Waals surface area contributed by atoms with E-state index in [1.165, 1.54) is 0 Å². The van der Waals surface area contributed by atoms with Crippen LogP contribution in [0.4, 0.5) is 4.79 Å². The summed E-state index contributed by atoms with van der Waals surface area (Å²) < 4.78 is 36.6. The lowest BCUT2D eigenvalue weighted by atomic mass is 9.46. The molecule has 7 rings (SSSR count). The largest absolute Gasteiger partial charge is 0.508 e. The quantitative estimate of drug-likeness (QED) is 0.435. The molecule has 9 nitrogen and oxygen atoms in total. The van der Waals surface area contributed by atoms with Crippen LogP contribution in [0.3, 0.4) is 0 Å². The Morgan fingerprint density at radius 3 is 2.74 bits per heavy atom. The molecule has 34 heavy (non-hydrogen) atoms. The fourth-order valence-corrected chi connectivity index (χ4v) is 8.28. The van der Waals surface area contributed by atoms with Crippen molar-refractivity contribution >= 4 is 12.1 Å². The van der Waals surface area contributed by atoms with E-state index >= 15 is 0 Å². The van der Waals surface area contributed by atoms with Gasteiger partial charge in [-0.2, -0.15) is 0 Å². The fraction of sp³-hybridized carbons (Fsp3) is 0.840. The summed E-state index contributed by atoms with van der Waals surface area (Å²) in [4.78, 5) is 27.1. The first kappa shape index (κ1) is 21.6. The lowest BCUT2D eigenvalue weighted by molar-refractivity contribution is -0.136. The zero-order valence-electron chi connectivity index (χ0n) is 20.4. The van der Waals surface area contributed by atoms with Crippen molar-refractivity contribution in [2.45, 2.75) is 81.3 Å². The van der Waals surface area contributed by atoms with Crippen molar-refractivity contribution in [3.8, 4) is 0 Å². The lowest BCUT2D eigenvalue weighted by Crippen LogP contribution is -2.70. The van der Waals surface area contributed by atoms with E-state index in [2.05, 4.69) is 20.8 Å². The molecule has 0 N–H and O–H groups in total. The van der Waals surface area contributed by atoms with E-state index in [0.29, 0.717) is 19.6 Å². The number of nitrogens with zero attached hydrogens (tertiary/aromatic N) is 1. The summed E-state index contributed by atoms with van der Waals surface area (Å²) in [6, 6.07) is 0. The third-order valence-corrected chi connectivity index (χ3v) is 10.0. The van der Waals surface area contributed by atoms with E-state index in [9.17, 15) is 9.59 Å². The summed E-state index contributed by atoms with van der Waals surface area (Å²) in [5, 5.41) is 0. The number of fused-ring (bicyclic) bond motifs is 4. The molecule has 9 heteroatoms. The maximum absolute atomic E-state index is 12.8. The van der Waals surface area contributed by atoms with Gasteiger partial charge in [0.25, 0.3) is 0 Å². The number of rotatable bonds is 5. The number of cyclic esters (lactones) is 1. The third-order valence-electron chi connectivity index (χ3n) is 10.0. The molecule has 0 bridgehead atoms. The van der Waals surface area contributed by atoms with E-state index in [4.69, 9.17) is 28.4 Å². The van der Waals surface area contributed by atoms with Crippen LogP contribution >= 0.6 is 0 Å². The van der Waals surface area contributed by atoms with Gasteiger partial charge in [-0.1, -0.05) is 20.8 Å². The van der Waals surface area contributed by atoms with Gasteiger partial charge in [0.1, 0.15) is 36.6 Å². The predicted molar refractivity (Wildman–Crippen MR) is 116 cm³/mol. The van der Waals surface area contributed by atoms with Crippen LogP contribution in [0.25, 0.3) is 0 Å². The average Bonchev–Trinajstić information content (AvgIpc) is 3.67. The summed E-state index contributed by atoms with van der Waals surface area (Å²) >= 11 is 0. The van der Waals surface area contributed by atoms with Gasteiger partial charge in [0.15, 0.2) is 11.7 Å². The molecule has 0 aromatic rings. The van der Waals surface area contributed by atoms with Gasteiger partial charge in [-0.3, -0.25) is 0 Å². The molecule has 0 radical (unpaired) electrons. The smallest absolute Gasteiger partial charge is 0.458 e. The minimum absolute atomic E-state index is 0.0996. The van der Waals surface area contributed by atoms with E-state index in [1.54, 1.807) is 0 Å². The number of epoxide rings is 3. The van der Waals surface area contributed by atoms with Gasteiger partial charge in [0.05, 0.1) is 6.10 Å². The minimum atomic E-state index is -0.748. The summed E-state index contributed by atoms with van der Waals surface area (Å²) in [5.74, 6) is 0.0860. The lowest BCUT2D eigenvalue weighted by Gasteiger charge is -2.53. The molecular formula is C25H33NO8. The molecule has 0 unspecified atom stereocenters. The molecule has 2 saturated carbocycles. The van der Waals surface area contributed by atoms with Gasteiger partial charge in [0.2, 0.25) is 0 Å². The highest BCUT2D eigenvalue weighted by atomic mass is 16.8. The first-order chi connectivity index (χ1) is 16.1. The molecular weight excluding hydrogens is 442 g/mol. The number of carbonyl (C=O) groups excluding carboxylic acids is 2. The van der Waals surface area contributed by atoms with Gasteiger partial charge >= 0.3 is 12.1 Å². The van der Waals surface area contributed by atoms with Gasteiger partial charge in [-0.25, -0.2) is 9.59 Å². The van der Waals surface area contributed by atoms with Gasteiger partial charge in [-0.15, -0.1) is 0 Å². The van der Waals surface area contributed by atoms with Crippen LogP contribution in [0.2, 0.25) is 0 Å². The summed E-state index contributed by atoms with van der Waals surface area (Å²) in [6.45, 7) is 7.70. The summed E-state index contributed by atoms with van der Waals surface area (Å²) in [5.41, 5.74) is -0.285. The maximum atomic E-state index is 12.8. The Morgan fingerprint density at radius 2 is 2.00 bits per heavy atom. The van der Waals surface area contributed by atoms with Crippen molar-refractivity contribution in [3.63, 3.8) is 0 Å². The zero-order valence-corrected chi connectivity index (χ0v) is 20.4. The number of ether oxygens (including phenoxy) is 6. The first-order valence-electron chi connectivity index (χ1n) is 12.5. The molecule has 3 aliphatic carbocycles. The Kier molecular flexibility index (Phi) is 4.03. The second kappa shape index (κ2) is 6.35. The van der Waals surface area contributed by atoms with Gasteiger partial charge in [-0.05, 0) is 50.8 Å². The highest BCUT2D eigenvalue weighted by Gasteiger charge is 3.01. The highest BCUT2D eigenvalue weighted by molar-refractivity contribution is 5.92. The van der Waals surface area contributed by atoms with Gasteiger partial charge < -0.3 is 33.3 Å². The molecule has 5 fully saturated rings. The van der Waals surface area contributed by atoms with Crippen LogP contribution in [0.5, 0.6) is 0 Å². The third kappa shape index (κ3) is 2.22. The number of carbonyl (C=O) groups is 2. The van der Waals surface area contributed by atoms with Crippen LogP contribution in [0.15, 0.2) is 11.1 Å². The first-order valence-corrected chi connectivity index (χ1v) is 12.5. The number of hydrogen-bond acceptors (Lipinski definition) is 9. The molecule has 0 aromatic carbocycles. The second-order valence-electron chi connectivity index (χ2n) is 11.9. The van der Waals surface area contributed by atoms with Crippen LogP contribution in [-0.2, 0) is 33.2 Å². The molecule has 9 atom stereocenters. The van der Waals surface area contributed by atoms with Gasteiger partial charge in [0, 0.05) is 17.5 Å². The van der Waals surface area contributed by atoms with E-state index in [0.717, 1.165) is 24.0 Å². The van der Waals surface area contributed by atoms with Crippen molar-refractivity contribution in [1.82, 2.24) is 4.90 Å². The molecule has 4 heterocycles. The topological polar surface area (TPSA) is 103 Å². The minimum Gasteiger partial charge on any atom is -0.458 e. The molecule has 7 aliphatic rings. The van der Waals surface area contributed by atoms with Crippen LogP contribution < -0.4 is 0 Å². The number of esters is 1. The standard InChI is InChI=1S/C25H33NO8/c1-12(2)23-17(33-23)18-25(34-18)22(3)7-6-13-14(11-30-19(13)27)15(22)10-16-24(25,32-16)20(23)31-21(28)29-9-8-26(4)5/h12,15-18,20H,6-11H2,1-5H3/t15-,16-,17-,18-,20+,22-,23-,24+,25+/m0/s1. The maximum Gasteiger partial charge on any atom is 0.508 e. The molecule has 0 amide bonds. The van der Waals surface area contributed by atoms with E-state index in [1.807, 2.05) is 19.0 Å². The second-order valence-corrected chi connectivity index (χ2v) is 11.9. The zero-order chi connectivity index (χ0) is 23.8. The molecule has 2 spiro atoms.